The van der Waals surface area contributed by atoms with Crippen molar-refractivity contribution in [2.75, 3.05) is 158 Å². The Kier molecular flexibility index (Phi) is 41.4. The highest BCUT2D eigenvalue weighted by Gasteiger charge is 2.52. The third-order valence-corrected chi connectivity index (χ3v) is 28.8. The van der Waals surface area contributed by atoms with E-state index in [0.717, 1.165) is 12.1 Å². The van der Waals surface area contributed by atoms with E-state index in [-0.39, 0.29) is 137 Å². The van der Waals surface area contributed by atoms with Crippen LogP contribution in [0.1, 0.15) is 94.1 Å². The van der Waals surface area contributed by atoms with E-state index >= 15 is 0 Å². The molecule has 8 aromatic rings. The molecule has 8 aliphatic rings. The van der Waals surface area contributed by atoms with Crippen molar-refractivity contribution in [3.8, 4) is 0 Å². The summed E-state index contributed by atoms with van der Waals surface area (Å²) in [7, 11) is 0. The summed E-state index contributed by atoms with van der Waals surface area (Å²) >= 11 is 24.7. The van der Waals surface area contributed by atoms with Crippen molar-refractivity contribution in [2.45, 2.75) is 76.1 Å². The van der Waals surface area contributed by atoms with Gasteiger partial charge in [0.25, 0.3) is 11.8 Å². The maximum Gasteiger partial charge on any atom is 0.338 e. The number of carbonyl (C=O) groups excluding carboxylic acids is 4. The minimum Gasteiger partial charge on any atom is -0.480 e. The predicted molar refractivity (Wildman–Crippen MR) is 537 cm³/mol. The fraction of sp³-hybridized carbons (Fsp3) is 0.417. The topological polar surface area (TPSA) is 453 Å². The molecule has 0 aliphatic carbocycles. The molecule has 4 fully saturated rings. The third-order valence-electron chi connectivity index (χ3n) is 23.7. The van der Waals surface area contributed by atoms with E-state index in [1.54, 1.807) is 85.0 Å². The van der Waals surface area contributed by atoms with Crippen LogP contribution in [-0.2, 0) is 76.3 Å². The van der Waals surface area contributed by atoms with Crippen LogP contribution in [-0.4, -0.2) is 313 Å². The quantitative estimate of drug-likeness (QED) is 0.0100. The van der Waals surface area contributed by atoms with Crippen LogP contribution in [0.25, 0.3) is 0 Å². The van der Waals surface area contributed by atoms with Crippen LogP contribution in [0.15, 0.2) is 193 Å². The van der Waals surface area contributed by atoms with Crippen molar-refractivity contribution in [3.63, 3.8) is 0 Å². The number of ether oxygens (including phenoxy) is 8. The standard InChI is InChI=1S/C24H24BrF3N4O5S.C24H25BrF2N4O5S.C24H24ClF3N4O5S.C24H25ClF2N4O5S/c1-2-37-23(35)19-17(9-32-8-13(24(27,28)12-32)10-36-11-18(33)34)30-21(22-29-5-6-38-22)31-20(19)15-4-3-14(26)7-16(15)25;1-2-36-24(34)20-18(10-31-8-13(17(27)9-31)11-35-12-19(32)33)29-22(23-28-5-6-37-23)30-21(20)15-4-3-14(26)7-16(15)25;1-2-37-23(35)19-17(9-32-8-13(24(27,28)12-32)10-36-11-18(33)34)30-21(22-29-5-6-38-22)31-20(19)15-4-3-14(26)7-16(15)25;1-2-36-24(34)20-18(10-31-8-13(17(27)9-31)11-35-12-19(32)33)29-22(23-28-5-6-37-23)30-21(20)15-4-3-14(26)7-16(15)25/h3-7,13,20H,2,8-12H2,1H3,(H,30,31)(H,33,34);3-7,13,17,21H,2,8-12H2,1H3,(H,29,30)(H,32,33);3-7,13,20H,2,8-12H2,1H3,(H,30,31)(H,33,34);3-7,13,17,21H,2,8-12H2,1H3,(H,29,30)(H,32,33)/t13?,20-;13?,17?,21-;13?,20-;13?,17?,21-/m0000/s1. The van der Waals surface area contributed by atoms with E-state index in [1.165, 1.54) is 110 Å². The monoisotopic (exact) mass is 2340 g/mol. The van der Waals surface area contributed by atoms with Crippen molar-refractivity contribution >= 4 is 172 Å². The lowest BCUT2D eigenvalue weighted by Gasteiger charge is -2.29. The van der Waals surface area contributed by atoms with Gasteiger partial charge in [0.15, 0.2) is 43.4 Å². The van der Waals surface area contributed by atoms with Crippen molar-refractivity contribution in [1.82, 2.24) is 60.8 Å². The number of nitrogens with one attached hydrogen (secondary N) is 4. The Hall–Kier alpha value is -11.5. The van der Waals surface area contributed by atoms with Crippen LogP contribution in [0.4, 0.5) is 43.9 Å². The summed E-state index contributed by atoms with van der Waals surface area (Å²) in [4.78, 5) is 138. The molecule has 0 spiro atoms. The lowest BCUT2D eigenvalue weighted by molar-refractivity contribution is -0.145. The van der Waals surface area contributed by atoms with Gasteiger partial charge in [-0.25, -0.2) is 102 Å². The molecule has 12 heterocycles. The highest BCUT2D eigenvalue weighted by molar-refractivity contribution is 9.10. The van der Waals surface area contributed by atoms with Gasteiger partial charge < -0.3 is 79.6 Å². The number of amidine groups is 4. The molecule has 804 valence electrons. The summed E-state index contributed by atoms with van der Waals surface area (Å²) < 4.78 is 186. The summed E-state index contributed by atoms with van der Waals surface area (Å²) in [5.41, 5.74) is 3.80. The first-order chi connectivity index (χ1) is 71.7. The number of aliphatic carboxylic acids is 4. The van der Waals surface area contributed by atoms with Gasteiger partial charge in [-0.2, -0.15) is 0 Å². The Bertz CT molecular complexity index is 6070. The van der Waals surface area contributed by atoms with E-state index in [4.69, 9.17) is 96.5 Å². The molecule has 4 aromatic carbocycles. The fourth-order valence-corrected chi connectivity index (χ4v) is 21.2. The number of hydrogen-bond acceptors (Lipinski definition) is 36. The number of thiazole rings is 4. The molecule has 4 aromatic heterocycles. The average Bonchev–Trinajstić information content (AvgIpc) is 1.33. The molecule has 0 saturated carbocycles. The van der Waals surface area contributed by atoms with Gasteiger partial charge in [-0.3, -0.25) is 39.6 Å². The largest absolute Gasteiger partial charge is 0.480 e. The molecule has 54 heteroatoms. The van der Waals surface area contributed by atoms with Gasteiger partial charge in [-0.15, -0.1) is 45.3 Å². The number of halogens is 14. The number of hydrogen-bond donors (Lipinski definition) is 8. The molecule has 4 saturated heterocycles. The Morgan fingerprint density at radius 2 is 0.647 bits per heavy atom. The Labute approximate surface area is 893 Å². The number of benzene rings is 4. The number of nitrogens with zero attached hydrogens (tertiary/aromatic N) is 12. The van der Waals surface area contributed by atoms with E-state index in [0.29, 0.717) is 98.2 Å². The zero-order chi connectivity index (χ0) is 108. The van der Waals surface area contributed by atoms with Crippen molar-refractivity contribution in [3.05, 3.63) is 249 Å². The second kappa shape index (κ2) is 53.7. The number of rotatable bonds is 40. The third kappa shape index (κ3) is 30.5. The van der Waals surface area contributed by atoms with Gasteiger partial charge in [0.1, 0.15) is 86.2 Å². The lowest BCUT2D eigenvalue weighted by atomic mass is 9.95. The summed E-state index contributed by atoms with van der Waals surface area (Å²) in [6, 6.07) is 12.0. The molecule has 0 radical (unpaired) electrons. The number of likely N-dealkylation sites (tertiary alicyclic amines) is 4. The number of aliphatic imine (C=N–C) groups is 4. The molecule has 8 aliphatic heterocycles. The first-order valence-corrected chi connectivity index (χ1v) is 52.1. The number of carboxylic acid groups (broad SMARTS) is 4. The van der Waals surface area contributed by atoms with E-state index in [2.05, 4.69) is 78.1 Å². The van der Waals surface area contributed by atoms with Crippen molar-refractivity contribution in [2.24, 2.45) is 43.6 Å². The highest BCUT2D eigenvalue weighted by Crippen LogP contribution is 2.45. The number of alkyl halides is 6. The molecule has 8 N–H and O–H groups in total. The lowest BCUT2D eigenvalue weighted by Crippen LogP contribution is -2.39. The van der Waals surface area contributed by atoms with E-state index < -0.39 is 196 Å². The van der Waals surface area contributed by atoms with Gasteiger partial charge >= 0.3 is 47.8 Å². The predicted octanol–water partition coefficient (Wildman–Crippen LogP) is 13.7. The van der Waals surface area contributed by atoms with Gasteiger partial charge in [0, 0.05) is 176 Å². The number of esters is 4. The van der Waals surface area contributed by atoms with Gasteiger partial charge in [0.2, 0.25) is 0 Å². The molecule has 0 bridgehead atoms. The SMILES string of the molecule is CCOC(=O)C1=C(CN2CC(COCC(=O)O)C(F)(F)C2)NC(c2nccs2)=N[C@H]1c1ccc(F)cc1Br.CCOC(=O)C1=C(CN2CC(COCC(=O)O)C(F)(F)C2)NC(c2nccs2)=N[C@H]1c1ccc(F)cc1Cl.CCOC(=O)C1=C(CN2CC(F)C(COCC(=O)O)C2)NC(c2nccs2)=N[C@H]1c1ccc(F)cc1Br.CCOC(=O)C1=C(CN2CC(F)C(COCC(=O)O)C2)NC(c2nccs2)=N[C@H]1c1ccc(F)cc1Cl. The van der Waals surface area contributed by atoms with Crippen LogP contribution >= 0.6 is 100 Å². The normalized spacial score (nSPS) is 21.6. The van der Waals surface area contributed by atoms with Crippen LogP contribution in [0, 0.1) is 46.9 Å². The second-order valence-electron chi connectivity index (χ2n) is 34.3. The molecular weight excluding hydrogens is 2250 g/mol. The Morgan fingerprint density at radius 3 is 0.900 bits per heavy atom. The second-order valence-corrected chi connectivity index (χ2v) is 40.4. The molecule has 6 unspecified atom stereocenters. The average molecular weight is 2340 g/mol. The molecule has 150 heavy (non-hydrogen) atoms. The summed E-state index contributed by atoms with van der Waals surface area (Å²) in [6.07, 6.45) is 3.94. The molecule has 0 amide bonds. The first-order valence-electron chi connectivity index (χ1n) is 46.2. The van der Waals surface area contributed by atoms with Crippen LogP contribution in [0.5, 0.6) is 0 Å². The molecule has 10 atom stereocenters. The zero-order valence-corrected chi connectivity index (χ0v) is 87.9. The van der Waals surface area contributed by atoms with Crippen LogP contribution in [0.3, 0.4) is 0 Å². The van der Waals surface area contributed by atoms with Crippen LogP contribution in [0.2, 0.25) is 10.0 Å². The fourth-order valence-electron chi connectivity index (χ4n) is 17.2. The van der Waals surface area contributed by atoms with Gasteiger partial charge in [0.05, 0.1) is 100 Å². The molecule has 36 nitrogen and oxygen atoms in total. The number of carboxylic acids is 4. The van der Waals surface area contributed by atoms with Crippen molar-refractivity contribution in [1.29, 1.82) is 0 Å². The number of aromatic nitrogens is 4. The van der Waals surface area contributed by atoms with Crippen molar-refractivity contribution < 1.29 is 141 Å². The molecular formula is C96H98Br2Cl2F10N16O20S4. The smallest absolute Gasteiger partial charge is 0.338 e. The van der Waals surface area contributed by atoms with Gasteiger partial charge in [-0.05, 0) is 87.4 Å². The Morgan fingerprint density at radius 1 is 0.387 bits per heavy atom. The number of carbonyl (C=O) groups is 8. The Balaban J connectivity index is 0.000000167. The van der Waals surface area contributed by atoms with E-state index in [9.17, 15) is 82.3 Å². The maximum absolute atomic E-state index is 14.8. The minimum atomic E-state index is -3.15. The summed E-state index contributed by atoms with van der Waals surface area (Å²) in [5.74, 6) is -17.8. The summed E-state index contributed by atoms with van der Waals surface area (Å²) in [5, 5.41) is 56.9. The minimum absolute atomic E-state index is 0.0296. The molecule has 16 rings (SSSR count). The summed E-state index contributed by atoms with van der Waals surface area (Å²) in [6.45, 7) is 3.10. The van der Waals surface area contributed by atoms with E-state index in [1.807, 2.05) is 4.90 Å². The first kappa shape index (κ1) is 116. The maximum atomic E-state index is 14.8. The van der Waals surface area contributed by atoms with Gasteiger partial charge in [-0.1, -0.05) is 79.3 Å². The van der Waals surface area contributed by atoms with Crippen LogP contribution < -0.4 is 21.3 Å². The highest BCUT2D eigenvalue weighted by atomic mass is 79.9. The zero-order valence-electron chi connectivity index (χ0n) is 79.9.